The summed E-state index contributed by atoms with van der Waals surface area (Å²) in [5.74, 6) is -0.246. The zero-order valence-corrected chi connectivity index (χ0v) is 10.4. The Labute approximate surface area is 105 Å². The van der Waals surface area contributed by atoms with Gasteiger partial charge in [-0.25, -0.2) is 4.79 Å². The van der Waals surface area contributed by atoms with E-state index in [1.807, 2.05) is 0 Å². The van der Waals surface area contributed by atoms with Crippen LogP contribution >= 0.6 is 0 Å². The molecule has 0 aromatic heterocycles. The summed E-state index contributed by atoms with van der Waals surface area (Å²) < 4.78 is 4.88. The van der Waals surface area contributed by atoms with Crippen LogP contribution in [0.5, 0.6) is 0 Å². The first kappa shape index (κ1) is 14.0. The zero-order valence-electron chi connectivity index (χ0n) is 10.4. The van der Waals surface area contributed by atoms with Crippen molar-refractivity contribution in [1.29, 1.82) is 0 Å². The molecule has 0 aliphatic rings. The standard InChI is InChI=1S/C12H17N3O3/c1-8(13)11(16)15-10-5-3-9(4-6-10)7-18-12(17)14-2/h3-6,8H,7,13H2,1-2H3,(H,14,17)(H,15,16)/t8-/m0/s1. The number of nitrogens with one attached hydrogen (secondary N) is 2. The van der Waals surface area contributed by atoms with Gasteiger partial charge in [0, 0.05) is 12.7 Å². The average molecular weight is 251 g/mol. The molecule has 6 heteroatoms. The summed E-state index contributed by atoms with van der Waals surface area (Å²) in [5.41, 5.74) is 6.92. The van der Waals surface area contributed by atoms with E-state index in [0.29, 0.717) is 5.69 Å². The number of amides is 2. The van der Waals surface area contributed by atoms with E-state index < -0.39 is 12.1 Å². The first-order valence-electron chi connectivity index (χ1n) is 5.53. The lowest BCUT2D eigenvalue weighted by atomic mass is 10.2. The molecule has 4 N–H and O–H groups in total. The molecule has 0 spiro atoms. The van der Waals surface area contributed by atoms with Crippen LogP contribution in [0, 0.1) is 0 Å². The van der Waals surface area contributed by atoms with E-state index in [2.05, 4.69) is 10.6 Å². The summed E-state index contributed by atoms with van der Waals surface area (Å²) in [7, 11) is 1.49. The largest absolute Gasteiger partial charge is 0.445 e. The predicted octanol–water partition coefficient (Wildman–Crippen LogP) is 0.828. The summed E-state index contributed by atoms with van der Waals surface area (Å²) in [6.07, 6.45) is -0.482. The molecule has 0 saturated carbocycles. The van der Waals surface area contributed by atoms with Gasteiger partial charge in [-0.1, -0.05) is 12.1 Å². The fraction of sp³-hybridized carbons (Fsp3) is 0.333. The second-order valence-electron chi connectivity index (χ2n) is 3.80. The Morgan fingerprint density at radius 1 is 1.33 bits per heavy atom. The lowest BCUT2D eigenvalue weighted by Crippen LogP contribution is -2.32. The molecule has 0 radical (unpaired) electrons. The molecule has 98 valence electrons. The predicted molar refractivity (Wildman–Crippen MR) is 68.0 cm³/mol. The van der Waals surface area contributed by atoms with Gasteiger partial charge in [0.05, 0.1) is 6.04 Å². The van der Waals surface area contributed by atoms with Crippen molar-refractivity contribution < 1.29 is 14.3 Å². The third-order valence-electron chi connectivity index (χ3n) is 2.21. The van der Waals surface area contributed by atoms with Gasteiger partial charge < -0.3 is 21.1 Å². The van der Waals surface area contributed by atoms with Crippen molar-refractivity contribution in [2.45, 2.75) is 19.6 Å². The summed E-state index contributed by atoms with van der Waals surface area (Å²) in [6, 6.07) is 6.42. The Hall–Kier alpha value is -2.08. The van der Waals surface area contributed by atoms with Gasteiger partial charge in [0.15, 0.2) is 0 Å². The Morgan fingerprint density at radius 2 is 1.94 bits per heavy atom. The number of anilines is 1. The smallest absolute Gasteiger partial charge is 0.407 e. The van der Waals surface area contributed by atoms with E-state index in [4.69, 9.17) is 10.5 Å². The third kappa shape index (κ3) is 4.42. The molecule has 1 aromatic rings. The minimum Gasteiger partial charge on any atom is -0.445 e. The van der Waals surface area contributed by atoms with Crippen LogP contribution in [0.15, 0.2) is 24.3 Å². The molecule has 1 atom stereocenters. The number of carbonyl (C=O) groups is 2. The van der Waals surface area contributed by atoms with Crippen molar-refractivity contribution in [1.82, 2.24) is 5.32 Å². The van der Waals surface area contributed by atoms with Gasteiger partial charge >= 0.3 is 6.09 Å². The lowest BCUT2D eigenvalue weighted by molar-refractivity contribution is -0.117. The summed E-state index contributed by atoms with van der Waals surface area (Å²) in [5, 5.41) is 5.01. The highest BCUT2D eigenvalue weighted by Crippen LogP contribution is 2.10. The molecule has 0 unspecified atom stereocenters. The maximum Gasteiger partial charge on any atom is 0.407 e. The van der Waals surface area contributed by atoms with Gasteiger partial charge in [0.1, 0.15) is 6.61 Å². The molecule has 18 heavy (non-hydrogen) atoms. The van der Waals surface area contributed by atoms with Crippen LogP contribution in [0.25, 0.3) is 0 Å². The topological polar surface area (TPSA) is 93.5 Å². The van der Waals surface area contributed by atoms with E-state index in [0.717, 1.165) is 5.56 Å². The number of carbonyl (C=O) groups excluding carboxylic acids is 2. The van der Waals surface area contributed by atoms with E-state index in [-0.39, 0.29) is 12.5 Å². The van der Waals surface area contributed by atoms with Gasteiger partial charge in [0.25, 0.3) is 0 Å². The fourth-order valence-electron chi connectivity index (χ4n) is 1.16. The van der Waals surface area contributed by atoms with E-state index in [1.165, 1.54) is 7.05 Å². The number of ether oxygens (including phenoxy) is 1. The Bertz CT molecular complexity index is 415. The van der Waals surface area contributed by atoms with Crippen molar-refractivity contribution in [3.8, 4) is 0 Å². The fourth-order valence-corrected chi connectivity index (χ4v) is 1.16. The number of rotatable bonds is 4. The van der Waals surface area contributed by atoms with Gasteiger partial charge in [-0.05, 0) is 24.6 Å². The van der Waals surface area contributed by atoms with Crippen LogP contribution in [0.3, 0.4) is 0 Å². The average Bonchev–Trinajstić information content (AvgIpc) is 2.37. The number of hydrogen-bond acceptors (Lipinski definition) is 4. The first-order valence-corrected chi connectivity index (χ1v) is 5.53. The number of alkyl carbamates (subject to hydrolysis) is 1. The highest BCUT2D eigenvalue weighted by molar-refractivity contribution is 5.94. The molecule has 0 heterocycles. The van der Waals surface area contributed by atoms with Crippen molar-refractivity contribution in [2.24, 2.45) is 5.73 Å². The highest BCUT2D eigenvalue weighted by atomic mass is 16.5. The van der Waals surface area contributed by atoms with Gasteiger partial charge in [-0.15, -0.1) is 0 Å². The van der Waals surface area contributed by atoms with E-state index >= 15 is 0 Å². The highest BCUT2D eigenvalue weighted by Gasteiger charge is 2.07. The molecule has 0 fully saturated rings. The SMILES string of the molecule is CNC(=O)OCc1ccc(NC(=O)[C@H](C)N)cc1. The van der Waals surface area contributed by atoms with Gasteiger partial charge in [-0.2, -0.15) is 0 Å². The molecule has 6 nitrogen and oxygen atoms in total. The Balaban J connectivity index is 2.52. The zero-order chi connectivity index (χ0) is 13.5. The second kappa shape index (κ2) is 6.61. The maximum absolute atomic E-state index is 11.3. The molecular formula is C12H17N3O3. The molecule has 0 saturated heterocycles. The van der Waals surface area contributed by atoms with Crippen LogP contribution < -0.4 is 16.4 Å². The van der Waals surface area contributed by atoms with Crippen LogP contribution in [0.2, 0.25) is 0 Å². The third-order valence-corrected chi connectivity index (χ3v) is 2.21. The molecule has 0 aliphatic heterocycles. The van der Waals surface area contributed by atoms with Crippen LogP contribution in [0.4, 0.5) is 10.5 Å². The Morgan fingerprint density at radius 3 is 2.44 bits per heavy atom. The van der Waals surface area contributed by atoms with Crippen molar-refractivity contribution in [2.75, 3.05) is 12.4 Å². The van der Waals surface area contributed by atoms with Crippen LogP contribution in [-0.4, -0.2) is 25.1 Å². The van der Waals surface area contributed by atoms with Crippen molar-refractivity contribution in [3.63, 3.8) is 0 Å². The Kier molecular flexibility index (Phi) is 5.13. The summed E-state index contributed by atoms with van der Waals surface area (Å²) in [4.78, 5) is 22.2. The first-order chi connectivity index (χ1) is 8.52. The quantitative estimate of drug-likeness (QED) is 0.738. The molecule has 1 rings (SSSR count). The van der Waals surface area contributed by atoms with Gasteiger partial charge in [0.2, 0.25) is 5.91 Å². The molecular weight excluding hydrogens is 234 g/mol. The van der Waals surface area contributed by atoms with Crippen molar-refractivity contribution in [3.05, 3.63) is 29.8 Å². The molecule has 1 aromatic carbocycles. The van der Waals surface area contributed by atoms with E-state index in [9.17, 15) is 9.59 Å². The lowest BCUT2D eigenvalue weighted by Gasteiger charge is -2.08. The maximum atomic E-state index is 11.3. The second-order valence-corrected chi connectivity index (χ2v) is 3.80. The van der Waals surface area contributed by atoms with E-state index in [1.54, 1.807) is 31.2 Å². The monoisotopic (exact) mass is 251 g/mol. The van der Waals surface area contributed by atoms with Crippen LogP contribution in [-0.2, 0) is 16.1 Å². The van der Waals surface area contributed by atoms with Gasteiger partial charge in [-0.3, -0.25) is 4.79 Å². The minimum atomic E-state index is -0.554. The number of benzene rings is 1. The molecule has 0 bridgehead atoms. The van der Waals surface area contributed by atoms with Crippen LogP contribution in [0.1, 0.15) is 12.5 Å². The molecule has 2 amide bonds. The normalized spacial score (nSPS) is 11.5. The van der Waals surface area contributed by atoms with Crippen molar-refractivity contribution >= 4 is 17.7 Å². The molecule has 0 aliphatic carbocycles. The number of hydrogen-bond donors (Lipinski definition) is 3. The number of nitrogens with two attached hydrogens (primary N) is 1. The summed E-state index contributed by atoms with van der Waals surface area (Å²) in [6.45, 7) is 1.79. The summed E-state index contributed by atoms with van der Waals surface area (Å²) >= 11 is 0. The minimum absolute atomic E-state index is 0.182.